The second-order valence-corrected chi connectivity index (χ2v) is 8.43. The Balaban J connectivity index is 0.00000342. The number of thiophene rings is 1. The summed E-state index contributed by atoms with van der Waals surface area (Å²) in [5, 5.41) is 2.54. The van der Waals surface area contributed by atoms with E-state index in [0.717, 1.165) is 23.3 Å². The quantitative estimate of drug-likeness (QED) is 0.281. The Bertz CT molecular complexity index is 1360. The van der Waals surface area contributed by atoms with Gasteiger partial charge in [-0.25, -0.2) is 18.6 Å². The second-order valence-electron chi connectivity index (χ2n) is 7.55. The van der Waals surface area contributed by atoms with Crippen LogP contribution in [0.15, 0.2) is 48.0 Å². The lowest BCUT2D eigenvalue weighted by molar-refractivity contribution is 0.0528. The number of hydrogen-bond donors (Lipinski definition) is 1. The van der Waals surface area contributed by atoms with E-state index in [-0.39, 0.29) is 27.2 Å². The summed E-state index contributed by atoms with van der Waals surface area (Å²) in [6, 6.07) is 9.03. The van der Waals surface area contributed by atoms with E-state index >= 15 is 0 Å². The van der Waals surface area contributed by atoms with Gasteiger partial charge in [0.15, 0.2) is 11.6 Å². The summed E-state index contributed by atoms with van der Waals surface area (Å²) < 4.78 is 44.1. The van der Waals surface area contributed by atoms with E-state index in [0.29, 0.717) is 38.5 Å². The van der Waals surface area contributed by atoms with Gasteiger partial charge in [0, 0.05) is 23.2 Å². The fourth-order valence-electron chi connectivity index (χ4n) is 3.43. The number of ether oxygens (including phenoxy) is 3. The highest BCUT2D eigenvalue weighted by Gasteiger charge is 2.18. The molecule has 0 spiro atoms. The zero-order valence-electron chi connectivity index (χ0n) is 18.6. The second kappa shape index (κ2) is 11.1. The van der Waals surface area contributed by atoms with Gasteiger partial charge in [0.25, 0.3) is 0 Å². The lowest BCUT2D eigenvalue weighted by Gasteiger charge is -2.12. The molecular weight excluding hydrogens is 474 g/mol. The summed E-state index contributed by atoms with van der Waals surface area (Å²) in [5.41, 5.74) is 8.66. The monoisotopic (exact) mass is 500 g/mol. The first-order chi connectivity index (χ1) is 16.4. The van der Waals surface area contributed by atoms with Crippen molar-refractivity contribution in [2.75, 3.05) is 12.3 Å². The molecule has 4 aromatic rings. The van der Waals surface area contributed by atoms with Crippen LogP contribution in [0.25, 0.3) is 10.1 Å². The van der Waals surface area contributed by atoms with Gasteiger partial charge < -0.3 is 19.9 Å². The highest BCUT2D eigenvalue weighted by Crippen LogP contribution is 2.34. The zero-order valence-corrected chi connectivity index (χ0v) is 19.4. The van der Waals surface area contributed by atoms with Gasteiger partial charge in [0.2, 0.25) is 0 Å². The maximum atomic E-state index is 13.4. The molecular formula is C26H26F2N2O4S. The third-order valence-corrected chi connectivity index (χ3v) is 6.07. The van der Waals surface area contributed by atoms with Crippen LogP contribution >= 0.6 is 11.3 Å². The van der Waals surface area contributed by atoms with Crippen molar-refractivity contribution >= 4 is 33.2 Å². The van der Waals surface area contributed by atoms with Crippen LogP contribution in [-0.4, -0.2) is 17.6 Å². The SMILES string of the molecule is C.CCOC(=O)c1cnc(N)c2c(COc3cc(C)cc(OCc4ccc(F)c(F)c4)c3)csc12. The molecule has 2 aromatic carbocycles. The molecule has 0 saturated heterocycles. The van der Waals surface area contributed by atoms with Gasteiger partial charge in [-0.15, -0.1) is 11.3 Å². The molecule has 0 amide bonds. The summed E-state index contributed by atoms with van der Waals surface area (Å²) in [5.74, 6) is -0.870. The molecule has 2 heterocycles. The van der Waals surface area contributed by atoms with E-state index in [2.05, 4.69) is 4.98 Å². The van der Waals surface area contributed by atoms with Gasteiger partial charge in [0.05, 0.1) is 16.9 Å². The van der Waals surface area contributed by atoms with Crippen LogP contribution in [0, 0.1) is 18.6 Å². The molecule has 0 aliphatic rings. The fourth-order valence-corrected chi connectivity index (χ4v) is 4.49. The molecule has 0 bridgehead atoms. The van der Waals surface area contributed by atoms with Crippen LogP contribution in [0.2, 0.25) is 0 Å². The van der Waals surface area contributed by atoms with Gasteiger partial charge in [-0.3, -0.25) is 0 Å². The summed E-state index contributed by atoms with van der Waals surface area (Å²) in [7, 11) is 0. The Morgan fingerprint density at radius 1 is 1.06 bits per heavy atom. The number of esters is 1. The number of aromatic nitrogens is 1. The average Bonchev–Trinajstić information content (AvgIpc) is 3.23. The third-order valence-electron chi connectivity index (χ3n) is 5.00. The van der Waals surface area contributed by atoms with Crippen molar-refractivity contribution in [3.05, 3.63) is 81.9 Å². The van der Waals surface area contributed by atoms with Crippen molar-refractivity contribution in [1.29, 1.82) is 0 Å². The number of nitrogens with zero attached hydrogens (tertiary/aromatic N) is 1. The number of rotatable bonds is 8. The molecule has 184 valence electrons. The number of fused-ring (bicyclic) bond motifs is 1. The molecule has 2 aromatic heterocycles. The minimum Gasteiger partial charge on any atom is -0.489 e. The predicted molar refractivity (Wildman–Crippen MR) is 133 cm³/mol. The number of aryl methyl sites for hydroxylation is 1. The van der Waals surface area contributed by atoms with Crippen LogP contribution in [0.3, 0.4) is 0 Å². The maximum Gasteiger partial charge on any atom is 0.341 e. The summed E-state index contributed by atoms with van der Waals surface area (Å²) in [6.07, 6.45) is 1.42. The van der Waals surface area contributed by atoms with Crippen LogP contribution in [0.4, 0.5) is 14.6 Å². The number of benzene rings is 2. The van der Waals surface area contributed by atoms with E-state index in [4.69, 9.17) is 19.9 Å². The smallest absolute Gasteiger partial charge is 0.341 e. The van der Waals surface area contributed by atoms with E-state index < -0.39 is 17.6 Å². The molecule has 0 atom stereocenters. The number of nitrogens with two attached hydrogens (primary N) is 1. The minimum atomic E-state index is -0.919. The van der Waals surface area contributed by atoms with E-state index in [1.165, 1.54) is 23.6 Å². The van der Waals surface area contributed by atoms with Crippen LogP contribution in [-0.2, 0) is 18.0 Å². The maximum absolute atomic E-state index is 13.4. The highest BCUT2D eigenvalue weighted by molar-refractivity contribution is 7.17. The predicted octanol–water partition coefficient (Wildman–Crippen LogP) is 6.44. The van der Waals surface area contributed by atoms with E-state index in [1.807, 2.05) is 24.4 Å². The van der Waals surface area contributed by atoms with Crippen molar-refractivity contribution in [3.8, 4) is 11.5 Å². The standard InChI is InChI=1S/C25H22F2N2O4S.CH4/c1-3-31-25(30)19-10-29-24(28)22-16(13-34-23(19)22)12-33-18-7-14(2)6-17(9-18)32-11-15-4-5-20(26)21(27)8-15;/h4-10,13H,3,11-12H2,1-2H3,(H2,28,29);1H4. The van der Waals surface area contributed by atoms with Crippen molar-refractivity contribution in [3.63, 3.8) is 0 Å². The molecule has 2 N–H and O–H groups in total. The molecule has 0 aliphatic carbocycles. The molecule has 0 aliphatic heterocycles. The van der Waals surface area contributed by atoms with Gasteiger partial charge in [0.1, 0.15) is 30.5 Å². The fraction of sp³-hybridized carbons (Fsp3) is 0.231. The highest BCUT2D eigenvalue weighted by atomic mass is 32.1. The van der Waals surface area contributed by atoms with Gasteiger partial charge in [-0.2, -0.15) is 0 Å². The molecule has 0 fully saturated rings. The minimum absolute atomic E-state index is 0. The Morgan fingerprint density at radius 3 is 2.46 bits per heavy atom. The van der Waals surface area contributed by atoms with Crippen LogP contribution in [0.5, 0.6) is 11.5 Å². The number of pyridine rings is 1. The topological polar surface area (TPSA) is 83.7 Å². The molecule has 35 heavy (non-hydrogen) atoms. The first-order valence-electron chi connectivity index (χ1n) is 10.5. The Labute approximate surface area is 206 Å². The molecule has 0 unspecified atom stereocenters. The number of nitrogen functional groups attached to an aromatic ring is 1. The largest absolute Gasteiger partial charge is 0.489 e. The van der Waals surface area contributed by atoms with Gasteiger partial charge >= 0.3 is 5.97 Å². The van der Waals surface area contributed by atoms with Gasteiger partial charge in [-0.05, 0) is 54.6 Å². The van der Waals surface area contributed by atoms with E-state index in [1.54, 1.807) is 13.0 Å². The normalized spacial score (nSPS) is 10.6. The van der Waals surface area contributed by atoms with Crippen molar-refractivity contribution in [2.24, 2.45) is 0 Å². The third kappa shape index (κ3) is 5.86. The first kappa shape index (κ1) is 25.9. The molecule has 4 rings (SSSR count). The average molecular weight is 501 g/mol. The van der Waals surface area contributed by atoms with Crippen molar-refractivity contribution in [1.82, 2.24) is 4.98 Å². The number of halogens is 2. The number of hydrogen-bond acceptors (Lipinski definition) is 7. The number of carbonyl (C=O) groups excluding carboxylic acids is 1. The number of anilines is 1. The summed E-state index contributed by atoms with van der Waals surface area (Å²) in [6.45, 7) is 4.17. The Hall–Kier alpha value is -3.72. The number of carbonyl (C=O) groups is 1. The zero-order chi connectivity index (χ0) is 24.2. The summed E-state index contributed by atoms with van der Waals surface area (Å²) in [4.78, 5) is 16.4. The molecule has 9 heteroatoms. The Morgan fingerprint density at radius 2 is 1.77 bits per heavy atom. The Kier molecular flexibility index (Phi) is 8.24. The first-order valence-corrected chi connectivity index (χ1v) is 11.4. The van der Waals surface area contributed by atoms with Crippen LogP contribution < -0.4 is 15.2 Å². The van der Waals surface area contributed by atoms with Crippen LogP contribution in [0.1, 0.15) is 41.4 Å². The molecule has 0 radical (unpaired) electrons. The lowest BCUT2D eigenvalue weighted by Crippen LogP contribution is -2.06. The molecule has 6 nitrogen and oxygen atoms in total. The van der Waals surface area contributed by atoms with Gasteiger partial charge in [-0.1, -0.05) is 13.5 Å². The lowest BCUT2D eigenvalue weighted by atomic mass is 10.1. The molecule has 0 saturated carbocycles. The van der Waals surface area contributed by atoms with E-state index in [9.17, 15) is 13.6 Å². The van der Waals surface area contributed by atoms with Crippen molar-refractivity contribution < 1.29 is 27.8 Å². The summed E-state index contributed by atoms with van der Waals surface area (Å²) >= 11 is 1.38. The van der Waals surface area contributed by atoms with Crippen molar-refractivity contribution in [2.45, 2.75) is 34.5 Å².